The van der Waals surface area contributed by atoms with E-state index < -0.39 is 11.5 Å². The smallest absolute Gasteiger partial charge is 0.262 e. The number of nitrogens with zero attached hydrogens (tertiary/aromatic N) is 7. The molecule has 1 amide bonds. The number of hydrogen-bond acceptors (Lipinski definition) is 10. The molecule has 0 saturated carbocycles. The van der Waals surface area contributed by atoms with E-state index in [1.807, 2.05) is 23.7 Å². The summed E-state index contributed by atoms with van der Waals surface area (Å²) in [6.07, 6.45) is 5.59. The van der Waals surface area contributed by atoms with Gasteiger partial charge in [-0.15, -0.1) is 0 Å². The Labute approximate surface area is 218 Å². The van der Waals surface area contributed by atoms with Crippen LogP contribution < -0.4 is 5.32 Å². The van der Waals surface area contributed by atoms with E-state index in [2.05, 4.69) is 25.5 Å². The Kier molecular flexibility index (Phi) is 6.12. The van der Waals surface area contributed by atoms with Crippen molar-refractivity contribution in [3.63, 3.8) is 0 Å². The third kappa shape index (κ3) is 4.31. The minimum absolute atomic E-state index is 0.110. The van der Waals surface area contributed by atoms with Crippen LogP contribution in [-0.2, 0) is 15.1 Å². The molecule has 196 valence electrons. The first-order chi connectivity index (χ1) is 18.4. The number of likely N-dealkylation sites (tertiary alicyclic amines) is 1. The van der Waals surface area contributed by atoms with Crippen LogP contribution in [0.25, 0.3) is 22.8 Å². The summed E-state index contributed by atoms with van der Waals surface area (Å²) in [5.74, 6) is 0.134. The summed E-state index contributed by atoms with van der Waals surface area (Å²) in [6, 6.07) is 9.13. The Balaban J connectivity index is 1.22. The number of hydrogen-bond donors (Lipinski definition) is 2. The summed E-state index contributed by atoms with van der Waals surface area (Å²) in [5, 5.41) is 22.8. The van der Waals surface area contributed by atoms with Crippen molar-refractivity contribution in [3.05, 3.63) is 54.2 Å². The van der Waals surface area contributed by atoms with Crippen LogP contribution in [0.3, 0.4) is 0 Å². The van der Waals surface area contributed by atoms with Gasteiger partial charge in [0.05, 0.1) is 40.7 Å². The molecule has 2 aliphatic heterocycles. The second-order valence-electron chi connectivity index (χ2n) is 9.64. The maximum Gasteiger partial charge on any atom is 0.262 e. The Morgan fingerprint density at radius 1 is 1.11 bits per heavy atom. The summed E-state index contributed by atoms with van der Waals surface area (Å²) in [6.45, 7) is 3.96. The zero-order valence-electron chi connectivity index (χ0n) is 21.2. The van der Waals surface area contributed by atoms with Crippen molar-refractivity contribution >= 4 is 17.5 Å². The molecule has 6 heterocycles. The molecule has 0 radical (unpaired) electrons. The normalized spacial score (nSPS) is 20.3. The molecule has 2 N–H and O–H groups in total. The molecule has 2 aliphatic rings. The van der Waals surface area contributed by atoms with Gasteiger partial charge in [-0.2, -0.15) is 5.10 Å². The number of nitrogens with one attached hydrogen (secondary N) is 1. The Morgan fingerprint density at radius 2 is 1.87 bits per heavy atom. The molecule has 6 rings (SSSR count). The quantitative estimate of drug-likeness (QED) is 0.392. The maximum absolute atomic E-state index is 12.4. The molecule has 2 saturated heterocycles. The van der Waals surface area contributed by atoms with Crippen LogP contribution in [0.4, 0.5) is 11.6 Å². The maximum atomic E-state index is 12.4. The molecule has 0 bridgehead atoms. The molecule has 1 atom stereocenters. The van der Waals surface area contributed by atoms with Gasteiger partial charge < -0.3 is 24.6 Å². The van der Waals surface area contributed by atoms with Gasteiger partial charge in [0.2, 0.25) is 11.5 Å². The van der Waals surface area contributed by atoms with Gasteiger partial charge in [-0.25, -0.2) is 15.0 Å². The van der Waals surface area contributed by atoms with Crippen LogP contribution in [0.1, 0.15) is 36.8 Å². The van der Waals surface area contributed by atoms with Crippen LogP contribution in [0, 0.1) is 6.92 Å². The van der Waals surface area contributed by atoms with E-state index in [-0.39, 0.29) is 12.2 Å². The molecule has 0 aromatic carbocycles. The molecule has 2 fully saturated rings. The third-order valence-electron chi connectivity index (χ3n) is 7.18. The zero-order chi connectivity index (χ0) is 26.3. The molecule has 12 heteroatoms. The molecule has 12 nitrogen and oxygen atoms in total. The SMILES string of the molecule is Cc1c(Nc2nccc(-c3cccc(-c4cc([C@@]5(O)CCN(C)C5=O)on4)n3)n2)cnn1C1CCOCC1. The summed E-state index contributed by atoms with van der Waals surface area (Å²) in [7, 11) is 1.65. The van der Waals surface area contributed by atoms with Gasteiger partial charge in [0.15, 0.2) is 5.76 Å². The number of ether oxygens (including phenoxy) is 1. The number of carbonyl (C=O) groups is 1. The molecule has 0 spiro atoms. The first-order valence-electron chi connectivity index (χ1n) is 12.6. The Bertz CT molecular complexity index is 1480. The number of carbonyl (C=O) groups excluding carboxylic acids is 1. The first kappa shape index (κ1) is 24.2. The van der Waals surface area contributed by atoms with E-state index in [0.717, 1.165) is 37.4 Å². The second kappa shape index (κ2) is 9.62. The van der Waals surface area contributed by atoms with Crippen LogP contribution in [0.15, 0.2) is 47.2 Å². The highest BCUT2D eigenvalue weighted by molar-refractivity contribution is 5.87. The van der Waals surface area contributed by atoms with Gasteiger partial charge in [0.1, 0.15) is 5.69 Å². The van der Waals surface area contributed by atoms with Crippen molar-refractivity contribution in [2.24, 2.45) is 0 Å². The second-order valence-corrected chi connectivity index (χ2v) is 9.64. The van der Waals surface area contributed by atoms with Crippen molar-refractivity contribution in [3.8, 4) is 22.8 Å². The van der Waals surface area contributed by atoms with Crippen molar-refractivity contribution in [2.45, 2.75) is 37.8 Å². The van der Waals surface area contributed by atoms with Gasteiger partial charge >= 0.3 is 0 Å². The van der Waals surface area contributed by atoms with Crippen LogP contribution >= 0.6 is 0 Å². The van der Waals surface area contributed by atoms with Crippen LogP contribution in [-0.4, -0.2) is 72.6 Å². The number of likely N-dealkylation sites (N-methyl/N-ethyl adjacent to an activating group) is 1. The van der Waals surface area contributed by atoms with Gasteiger partial charge in [0, 0.05) is 45.5 Å². The van der Waals surface area contributed by atoms with Crippen LogP contribution in [0.2, 0.25) is 0 Å². The number of amides is 1. The van der Waals surface area contributed by atoms with Gasteiger partial charge in [0.25, 0.3) is 5.91 Å². The summed E-state index contributed by atoms with van der Waals surface area (Å²) in [5.41, 5.74) is 2.33. The van der Waals surface area contributed by atoms with E-state index in [4.69, 9.17) is 14.2 Å². The van der Waals surface area contributed by atoms with E-state index >= 15 is 0 Å². The minimum Gasteiger partial charge on any atom is -0.381 e. The Hall–Kier alpha value is -4.16. The lowest BCUT2D eigenvalue weighted by Crippen LogP contribution is -2.35. The standard InChI is InChI=1S/C26H28N8O4/c1-16-22(15-28-34(16)17-7-12-37-13-8-17)31-25-27-10-6-20(30-25)18-4-3-5-19(29-18)21-14-23(38-32-21)26(36)9-11-33(2)24(26)35/h3-6,10,14-15,17,36H,7-9,11-13H2,1-2H3,(H,27,30,31)/t26-/m0/s1. The van der Waals surface area contributed by atoms with Gasteiger partial charge in [-0.05, 0) is 38.0 Å². The molecule has 4 aromatic heterocycles. The average molecular weight is 517 g/mol. The van der Waals surface area contributed by atoms with Crippen molar-refractivity contribution in [1.29, 1.82) is 0 Å². The highest BCUT2D eigenvalue weighted by Crippen LogP contribution is 2.35. The van der Waals surface area contributed by atoms with Gasteiger partial charge in [-0.1, -0.05) is 11.2 Å². The summed E-state index contributed by atoms with van der Waals surface area (Å²) in [4.78, 5) is 27.6. The average Bonchev–Trinajstić information content (AvgIpc) is 3.66. The van der Waals surface area contributed by atoms with E-state index in [0.29, 0.717) is 41.3 Å². The lowest BCUT2D eigenvalue weighted by Gasteiger charge is -2.23. The van der Waals surface area contributed by atoms with Crippen molar-refractivity contribution in [2.75, 3.05) is 32.1 Å². The fraction of sp³-hybridized carbons (Fsp3) is 0.385. The minimum atomic E-state index is -1.71. The number of anilines is 2. The largest absolute Gasteiger partial charge is 0.381 e. The van der Waals surface area contributed by atoms with Crippen molar-refractivity contribution in [1.82, 2.24) is 34.8 Å². The molecule has 0 aliphatic carbocycles. The molecule has 0 unspecified atom stereocenters. The highest BCUT2D eigenvalue weighted by atomic mass is 16.5. The highest BCUT2D eigenvalue weighted by Gasteiger charge is 2.48. The number of aliphatic hydroxyl groups is 1. The predicted molar refractivity (Wildman–Crippen MR) is 136 cm³/mol. The topological polar surface area (TPSA) is 144 Å². The van der Waals surface area contributed by atoms with E-state index in [1.165, 1.54) is 4.90 Å². The molecule has 38 heavy (non-hydrogen) atoms. The fourth-order valence-electron chi connectivity index (χ4n) is 4.92. The Morgan fingerprint density at radius 3 is 2.63 bits per heavy atom. The lowest BCUT2D eigenvalue weighted by atomic mass is 9.98. The summed E-state index contributed by atoms with van der Waals surface area (Å²) >= 11 is 0. The monoisotopic (exact) mass is 516 g/mol. The predicted octanol–water partition coefficient (Wildman–Crippen LogP) is 2.84. The van der Waals surface area contributed by atoms with Crippen LogP contribution in [0.5, 0.6) is 0 Å². The molecular weight excluding hydrogens is 488 g/mol. The third-order valence-corrected chi connectivity index (χ3v) is 7.18. The van der Waals surface area contributed by atoms with Gasteiger partial charge in [-0.3, -0.25) is 9.48 Å². The number of aromatic nitrogens is 6. The fourth-order valence-corrected chi connectivity index (χ4v) is 4.92. The lowest BCUT2D eigenvalue weighted by molar-refractivity contribution is -0.144. The number of rotatable bonds is 6. The summed E-state index contributed by atoms with van der Waals surface area (Å²) < 4.78 is 12.9. The first-order valence-corrected chi connectivity index (χ1v) is 12.6. The van der Waals surface area contributed by atoms with E-state index in [9.17, 15) is 9.90 Å². The molecular formula is C26H28N8O4. The van der Waals surface area contributed by atoms with Crippen molar-refractivity contribution < 1.29 is 19.2 Å². The molecule has 4 aromatic rings. The number of pyridine rings is 1. The zero-order valence-corrected chi connectivity index (χ0v) is 21.2. The van der Waals surface area contributed by atoms with E-state index in [1.54, 1.807) is 37.6 Å².